The first-order valence-corrected chi connectivity index (χ1v) is 9.68. The Labute approximate surface area is 123 Å². The minimum Gasteiger partial charge on any atom is -0.327 e. The molecule has 1 aliphatic heterocycles. The Morgan fingerprint density at radius 1 is 1.15 bits per heavy atom. The lowest BCUT2D eigenvalue weighted by molar-refractivity contribution is 0.124. The van der Waals surface area contributed by atoms with E-state index in [1.807, 2.05) is 0 Å². The highest BCUT2D eigenvalue weighted by Crippen LogP contribution is 2.31. The predicted molar refractivity (Wildman–Crippen MR) is 82.0 cm³/mol. The molecule has 0 bridgehead atoms. The standard InChI is InChI=1S/C14H29N3O2S/c1-3-12-4-5-14(15)13(10-12)11-16-6-8-17(9-7-16)20(2,18)19/h12-14H,3-11,15H2,1-2H3. The van der Waals surface area contributed by atoms with Crippen molar-refractivity contribution in [1.29, 1.82) is 0 Å². The smallest absolute Gasteiger partial charge is 0.211 e. The van der Waals surface area contributed by atoms with Crippen LogP contribution in [0, 0.1) is 11.8 Å². The number of hydrogen-bond donors (Lipinski definition) is 1. The molecule has 1 saturated heterocycles. The largest absolute Gasteiger partial charge is 0.327 e. The molecule has 2 rings (SSSR count). The highest BCUT2D eigenvalue weighted by atomic mass is 32.2. The second-order valence-electron chi connectivity index (χ2n) is 6.47. The van der Waals surface area contributed by atoms with Gasteiger partial charge in [0.05, 0.1) is 6.26 Å². The highest BCUT2D eigenvalue weighted by Gasteiger charge is 2.30. The van der Waals surface area contributed by atoms with Gasteiger partial charge in [0.15, 0.2) is 0 Å². The third kappa shape index (κ3) is 4.16. The Balaban J connectivity index is 1.82. The molecule has 0 radical (unpaired) electrons. The zero-order chi connectivity index (χ0) is 14.8. The lowest BCUT2D eigenvalue weighted by Gasteiger charge is -2.39. The van der Waals surface area contributed by atoms with Crippen molar-refractivity contribution >= 4 is 10.0 Å². The molecular weight excluding hydrogens is 274 g/mol. The molecule has 5 nitrogen and oxygen atoms in total. The highest BCUT2D eigenvalue weighted by molar-refractivity contribution is 7.88. The summed E-state index contributed by atoms with van der Waals surface area (Å²) in [5, 5.41) is 0. The van der Waals surface area contributed by atoms with Gasteiger partial charge < -0.3 is 10.6 Å². The number of sulfonamides is 1. The summed E-state index contributed by atoms with van der Waals surface area (Å²) in [6, 6.07) is 0.325. The molecule has 1 heterocycles. The fraction of sp³-hybridized carbons (Fsp3) is 1.00. The maximum Gasteiger partial charge on any atom is 0.211 e. The Morgan fingerprint density at radius 3 is 2.35 bits per heavy atom. The number of rotatable bonds is 4. The summed E-state index contributed by atoms with van der Waals surface area (Å²) in [4.78, 5) is 2.39. The van der Waals surface area contributed by atoms with E-state index in [9.17, 15) is 8.42 Å². The van der Waals surface area contributed by atoms with E-state index in [-0.39, 0.29) is 0 Å². The summed E-state index contributed by atoms with van der Waals surface area (Å²) in [7, 11) is -3.02. The molecule has 2 N–H and O–H groups in total. The third-order valence-electron chi connectivity index (χ3n) is 5.02. The average Bonchev–Trinajstić information content (AvgIpc) is 2.41. The topological polar surface area (TPSA) is 66.6 Å². The van der Waals surface area contributed by atoms with Crippen molar-refractivity contribution in [2.75, 3.05) is 39.0 Å². The van der Waals surface area contributed by atoms with E-state index in [0.717, 1.165) is 32.0 Å². The first-order chi connectivity index (χ1) is 9.40. The maximum atomic E-state index is 11.5. The number of hydrogen-bond acceptors (Lipinski definition) is 4. The molecule has 2 fully saturated rings. The van der Waals surface area contributed by atoms with Crippen LogP contribution >= 0.6 is 0 Å². The van der Waals surface area contributed by atoms with Crippen molar-refractivity contribution in [1.82, 2.24) is 9.21 Å². The lowest BCUT2D eigenvalue weighted by atomic mass is 9.77. The van der Waals surface area contributed by atoms with Crippen LogP contribution < -0.4 is 5.73 Å². The molecule has 0 aromatic heterocycles. The van der Waals surface area contributed by atoms with Crippen LogP contribution in [0.1, 0.15) is 32.6 Å². The van der Waals surface area contributed by atoms with E-state index in [4.69, 9.17) is 5.73 Å². The van der Waals surface area contributed by atoms with Crippen LogP contribution in [-0.4, -0.2) is 62.6 Å². The van der Waals surface area contributed by atoms with Crippen LogP contribution in [0.25, 0.3) is 0 Å². The molecule has 3 unspecified atom stereocenters. The molecular formula is C14H29N3O2S. The van der Waals surface area contributed by atoms with Gasteiger partial charge in [0.25, 0.3) is 0 Å². The van der Waals surface area contributed by atoms with Crippen LogP contribution in [0.2, 0.25) is 0 Å². The summed E-state index contributed by atoms with van der Waals surface area (Å²) in [6.45, 7) is 6.23. The molecule has 20 heavy (non-hydrogen) atoms. The molecule has 6 heteroatoms. The zero-order valence-corrected chi connectivity index (χ0v) is 13.6. The Hall–Kier alpha value is -0.170. The first-order valence-electron chi connectivity index (χ1n) is 7.83. The van der Waals surface area contributed by atoms with Gasteiger partial charge in [0.1, 0.15) is 0 Å². The van der Waals surface area contributed by atoms with Crippen molar-refractivity contribution in [3.63, 3.8) is 0 Å². The van der Waals surface area contributed by atoms with Gasteiger partial charge in [-0.2, -0.15) is 4.31 Å². The van der Waals surface area contributed by atoms with Gasteiger partial charge >= 0.3 is 0 Å². The lowest BCUT2D eigenvalue weighted by Crippen LogP contribution is -2.51. The molecule has 0 amide bonds. The van der Waals surface area contributed by atoms with Gasteiger partial charge in [-0.15, -0.1) is 0 Å². The summed E-state index contributed by atoms with van der Waals surface area (Å²) in [5.74, 6) is 1.41. The third-order valence-corrected chi connectivity index (χ3v) is 6.32. The molecule has 1 saturated carbocycles. The van der Waals surface area contributed by atoms with Crippen molar-refractivity contribution < 1.29 is 8.42 Å². The van der Waals surface area contributed by atoms with E-state index >= 15 is 0 Å². The monoisotopic (exact) mass is 303 g/mol. The fourth-order valence-electron chi connectivity index (χ4n) is 3.54. The van der Waals surface area contributed by atoms with Crippen LogP contribution in [0.5, 0.6) is 0 Å². The Bertz CT molecular complexity index is 405. The second-order valence-corrected chi connectivity index (χ2v) is 8.46. The van der Waals surface area contributed by atoms with Gasteiger partial charge in [-0.05, 0) is 31.1 Å². The summed E-state index contributed by atoms with van der Waals surface area (Å²) in [5.41, 5.74) is 6.28. The van der Waals surface area contributed by atoms with E-state index in [1.165, 1.54) is 25.5 Å². The first kappa shape index (κ1) is 16.2. The normalized spacial score (nSPS) is 34.2. The minimum absolute atomic E-state index is 0.325. The van der Waals surface area contributed by atoms with Crippen LogP contribution in [-0.2, 0) is 10.0 Å². The minimum atomic E-state index is -3.02. The molecule has 2 aliphatic rings. The predicted octanol–water partition coefficient (Wildman–Crippen LogP) is 0.717. The van der Waals surface area contributed by atoms with Crippen molar-refractivity contribution in [2.45, 2.75) is 38.6 Å². The second kappa shape index (κ2) is 6.73. The summed E-state index contributed by atoms with van der Waals surface area (Å²) < 4.78 is 24.6. The SMILES string of the molecule is CCC1CCC(N)C(CN2CCN(S(C)(=O)=O)CC2)C1. The van der Waals surface area contributed by atoms with Crippen molar-refractivity contribution in [3.05, 3.63) is 0 Å². The average molecular weight is 303 g/mol. The summed E-state index contributed by atoms with van der Waals surface area (Å²) in [6.07, 6.45) is 6.21. The zero-order valence-electron chi connectivity index (χ0n) is 12.8. The summed E-state index contributed by atoms with van der Waals surface area (Å²) >= 11 is 0. The number of nitrogens with two attached hydrogens (primary N) is 1. The number of piperazine rings is 1. The molecule has 3 atom stereocenters. The van der Waals surface area contributed by atoms with E-state index in [1.54, 1.807) is 4.31 Å². The number of nitrogens with zero attached hydrogens (tertiary/aromatic N) is 2. The van der Waals surface area contributed by atoms with E-state index < -0.39 is 10.0 Å². The Morgan fingerprint density at radius 2 is 1.80 bits per heavy atom. The maximum absolute atomic E-state index is 11.5. The van der Waals surface area contributed by atoms with Gasteiger partial charge in [-0.25, -0.2) is 8.42 Å². The van der Waals surface area contributed by atoms with Gasteiger partial charge in [-0.3, -0.25) is 0 Å². The fourth-order valence-corrected chi connectivity index (χ4v) is 4.37. The molecule has 1 aliphatic carbocycles. The van der Waals surface area contributed by atoms with Gasteiger partial charge in [-0.1, -0.05) is 13.3 Å². The van der Waals surface area contributed by atoms with Crippen LogP contribution in [0.4, 0.5) is 0 Å². The van der Waals surface area contributed by atoms with E-state index in [0.29, 0.717) is 25.0 Å². The van der Waals surface area contributed by atoms with E-state index in [2.05, 4.69) is 11.8 Å². The van der Waals surface area contributed by atoms with Crippen LogP contribution in [0.3, 0.4) is 0 Å². The van der Waals surface area contributed by atoms with Gasteiger partial charge in [0.2, 0.25) is 10.0 Å². The van der Waals surface area contributed by atoms with Crippen LogP contribution in [0.15, 0.2) is 0 Å². The molecule has 0 aromatic rings. The van der Waals surface area contributed by atoms with Crippen molar-refractivity contribution in [3.8, 4) is 0 Å². The molecule has 0 aromatic carbocycles. The van der Waals surface area contributed by atoms with Gasteiger partial charge in [0, 0.05) is 38.8 Å². The molecule has 0 spiro atoms. The van der Waals surface area contributed by atoms with Crippen molar-refractivity contribution in [2.24, 2.45) is 17.6 Å². The molecule has 118 valence electrons. The quantitative estimate of drug-likeness (QED) is 0.831. The Kier molecular flexibility index (Phi) is 5.45.